The minimum Gasteiger partial charge on any atom is -0.473 e. The van der Waals surface area contributed by atoms with E-state index in [1.54, 1.807) is 6.92 Å². The lowest BCUT2D eigenvalue weighted by molar-refractivity contribution is 0.294. The molecule has 0 aliphatic carbocycles. The lowest BCUT2D eigenvalue weighted by Gasteiger charge is -2.12. The van der Waals surface area contributed by atoms with Crippen LogP contribution in [0.1, 0.15) is 11.3 Å². The van der Waals surface area contributed by atoms with Crippen molar-refractivity contribution in [2.45, 2.75) is 13.5 Å². The first-order valence-corrected chi connectivity index (χ1v) is 6.15. The Labute approximate surface area is 116 Å². The topological polar surface area (TPSA) is 62.6 Å². The van der Waals surface area contributed by atoms with E-state index in [9.17, 15) is 10.0 Å². The van der Waals surface area contributed by atoms with E-state index in [2.05, 4.69) is 4.98 Å². The van der Waals surface area contributed by atoms with Gasteiger partial charge in [0.1, 0.15) is 6.61 Å². The molecule has 0 atom stereocenters. The van der Waals surface area contributed by atoms with Crippen molar-refractivity contribution < 1.29 is 14.8 Å². The molecule has 0 saturated heterocycles. The Morgan fingerprint density at radius 2 is 1.95 bits per heavy atom. The molecular weight excluding hydrogens is 264 g/mol. The number of pyridine rings is 1. The highest BCUT2D eigenvalue weighted by Gasteiger charge is 2.20. The van der Waals surface area contributed by atoms with Gasteiger partial charge in [-0.1, -0.05) is 41.9 Å². The van der Waals surface area contributed by atoms with E-state index in [0.29, 0.717) is 17.3 Å². The summed E-state index contributed by atoms with van der Waals surface area (Å²) in [6.07, 6.45) is 0. The van der Waals surface area contributed by atoms with Gasteiger partial charge in [0.15, 0.2) is 0 Å². The van der Waals surface area contributed by atoms with Gasteiger partial charge in [-0.05, 0) is 18.6 Å². The summed E-state index contributed by atoms with van der Waals surface area (Å²) in [5, 5.41) is 19.0. The van der Waals surface area contributed by atoms with Gasteiger partial charge in [-0.2, -0.15) is 0 Å². The highest BCUT2D eigenvalue weighted by atomic mass is 35.5. The van der Waals surface area contributed by atoms with Gasteiger partial charge in [0.2, 0.25) is 5.88 Å². The van der Waals surface area contributed by atoms with Crippen LogP contribution in [0.3, 0.4) is 0 Å². The number of halogens is 1. The molecule has 19 heavy (non-hydrogen) atoms. The summed E-state index contributed by atoms with van der Waals surface area (Å²) >= 11 is 5.91. The Kier molecular flexibility index (Phi) is 4.42. The first-order valence-electron chi connectivity index (χ1n) is 5.78. The zero-order valence-corrected chi connectivity index (χ0v) is 11.1. The average Bonchev–Trinajstić information content (AvgIpc) is 2.40. The standard InChI is InChI=1S/C13H13BClNO3/c1-9-12(15)7-11(14(17)18)13(16-9)19-8-10-5-3-2-4-6-10/h2-7,17-18H,8H2,1H3. The van der Waals surface area contributed by atoms with Crippen LogP contribution in [-0.4, -0.2) is 22.2 Å². The van der Waals surface area contributed by atoms with Crippen LogP contribution >= 0.6 is 11.6 Å². The van der Waals surface area contributed by atoms with Gasteiger partial charge >= 0.3 is 7.12 Å². The van der Waals surface area contributed by atoms with Crippen molar-refractivity contribution in [3.05, 3.63) is 52.7 Å². The summed E-state index contributed by atoms with van der Waals surface area (Å²) in [6.45, 7) is 2.03. The summed E-state index contributed by atoms with van der Waals surface area (Å²) in [6, 6.07) is 11.0. The van der Waals surface area contributed by atoms with Crippen molar-refractivity contribution in [2.24, 2.45) is 0 Å². The molecule has 2 rings (SSSR count). The number of benzene rings is 1. The molecule has 0 spiro atoms. The van der Waals surface area contributed by atoms with E-state index >= 15 is 0 Å². The number of hydrogen-bond acceptors (Lipinski definition) is 4. The van der Waals surface area contributed by atoms with Crippen molar-refractivity contribution in [3.63, 3.8) is 0 Å². The summed E-state index contributed by atoms with van der Waals surface area (Å²) in [5.74, 6) is 0.181. The highest BCUT2D eigenvalue weighted by molar-refractivity contribution is 6.60. The summed E-state index contributed by atoms with van der Waals surface area (Å²) in [7, 11) is -1.67. The maximum Gasteiger partial charge on any atom is 0.494 e. The SMILES string of the molecule is Cc1nc(OCc2ccccc2)c(B(O)O)cc1Cl. The van der Waals surface area contributed by atoms with E-state index in [4.69, 9.17) is 16.3 Å². The Balaban J connectivity index is 2.22. The summed E-state index contributed by atoms with van der Waals surface area (Å²) in [4.78, 5) is 4.13. The molecule has 0 saturated carbocycles. The molecule has 0 fully saturated rings. The van der Waals surface area contributed by atoms with E-state index in [1.807, 2.05) is 30.3 Å². The average molecular weight is 278 g/mol. The number of rotatable bonds is 4. The molecule has 2 N–H and O–H groups in total. The van der Waals surface area contributed by atoms with E-state index < -0.39 is 7.12 Å². The first-order chi connectivity index (χ1) is 9.08. The van der Waals surface area contributed by atoms with Gasteiger partial charge in [-0.25, -0.2) is 4.98 Å². The summed E-state index contributed by atoms with van der Waals surface area (Å²) in [5.41, 5.74) is 1.70. The molecule has 1 aromatic carbocycles. The van der Waals surface area contributed by atoms with Gasteiger partial charge in [0.05, 0.1) is 10.7 Å². The first kappa shape index (κ1) is 13.9. The van der Waals surface area contributed by atoms with Crippen molar-refractivity contribution in [1.82, 2.24) is 4.98 Å². The molecule has 0 unspecified atom stereocenters. The minimum atomic E-state index is -1.67. The van der Waals surface area contributed by atoms with Crippen molar-refractivity contribution in [2.75, 3.05) is 0 Å². The minimum absolute atomic E-state index is 0.159. The van der Waals surface area contributed by atoms with Crippen LogP contribution in [0.15, 0.2) is 36.4 Å². The summed E-state index contributed by atoms with van der Waals surface area (Å²) < 4.78 is 5.53. The predicted octanol–water partition coefficient (Wildman–Crippen LogP) is 1.30. The van der Waals surface area contributed by atoms with Gasteiger partial charge in [-0.3, -0.25) is 0 Å². The largest absolute Gasteiger partial charge is 0.494 e. The third-order valence-electron chi connectivity index (χ3n) is 2.64. The molecule has 0 aliphatic rings. The molecule has 98 valence electrons. The van der Waals surface area contributed by atoms with Crippen LogP contribution in [0, 0.1) is 6.92 Å². The van der Waals surface area contributed by atoms with Crippen molar-refractivity contribution in [3.8, 4) is 5.88 Å². The molecule has 0 amide bonds. The van der Waals surface area contributed by atoms with E-state index in [-0.39, 0.29) is 11.3 Å². The lowest BCUT2D eigenvalue weighted by atomic mass is 9.81. The Morgan fingerprint density at radius 3 is 2.58 bits per heavy atom. The number of hydrogen-bond donors (Lipinski definition) is 2. The van der Waals surface area contributed by atoms with Crippen LogP contribution in [-0.2, 0) is 6.61 Å². The van der Waals surface area contributed by atoms with Crippen LogP contribution in [0.25, 0.3) is 0 Å². The van der Waals surface area contributed by atoms with Crippen molar-refractivity contribution in [1.29, 1.82) is 0 Å². The highest BCUT2D eigenvalue weighted by Crippen LogP contribution is 2.16. The molecule has 0 radical (unpaired) electrons. The quantitative estimate of drug-likeness (QED) is 0.827. The fourth-order valence-electron chi connectivity index (χ4n) is 1.60. The van der Waals surface area contributed by atoms with Crippen LogP contribution in [0.4, 0.5) is 0 Å². The zero-order chi connectivity index (χ0) is 13.8. The Bertz CT molecular complexity index is 563. The smallest absolute Gasteiger partial charge is 0.473 e. The van der Waals surface area contributed by atoms with E-state index in [0.717, 1.165) is 5.56 Å². The zero-order valence-electron chi connectivity index (χ0n) is 10.4. The van der Waals surface area contributed by atoms with Crippen molar-refractivity contribution >= 4 is 24.2 Å². The van der Waals surface area contributed by atoms with Gasteiger partial charge in [0.25, 0.3) is 0 Å². The van der Waals surface area contributed by atoms with Gasteiger partial charge in [-0.15, -0.1) is 0 Å². The number of ether oxygens (including phenoxy) is 1. The second kappa shape index (κ2) is 6.06. The molecule has 6 heteroatoms. The monoisotopic (exact) mass is 277 g/mol. The third kappa shape index (κ3) is 3.47. The predicted molar refractivity (Wildman–Crippen MR) is 74.6 cm³/mol. The second-order valence-electron chi connectivity index (χ2n) is 4.10. The Hall–Kier alpha value is -1.56. The van der Waals surface area contributed by atoms with Gasteiger partial charge < -0.3 is 14.8 Å². The van der Waals surface area contributed by atoms with Gasteiger partial charge in [0, 0.05) is 5.46 Å². The molecule has 1 aromatic heterocycles. The van der Waals surface area contributed by atoms with Crippen LogP contribution in [0.2, 0.25) is 5.02 Å². The lowest BCUT2D eigenvalue weighted by Crippen LogP contribution is -2.32. The third-order valence-corrected chi connectivity index (χ3v) is 3.02. The molecule has 2 aromatic rings. The maximum atomic E-state index is 9.29. The second-order valence-corrected chi connectivity index (χ2v) is 4.51. The molecule has 1 heterocycles. The normalized spacial score (nSPS) is 10.3. The van der Waals surface area contributed by atoms with Crippen LogP contribution < -0.4 is 10.2 Å². The molecule has 4 nitrogen and oxygen atoms in total. The maximum absolute atomic E-state index is 9.29. The molecular formula is C13H13BClNO3. The Morgan fingerprint density at radius 1 is 1.26 bits per heavy atom. The number of aromatic nitrogens is 1. The molecule has 0 bridgehead atoms. The van der Waals surface area contributed by atoms with E-state index in [1.165, 1.54) is 6.07 Å². The fraction of sp³-hybridized carbons (Fsp3) is 0.154. The number of aryl methyl sites for hydroxylation is 1. The fourth-order valence-corrected chi connectivity index (χ4v) is 1.76. The number of nitrogens with zero attached hydrogens (tertiary/aromatic N) is 1. The molecule has 0 aliphatic heterocycles. The van der Waals surface area contributed by atoms with Crippen LogP contribution in [0.5, 0.6) is 5.88 Å².